The van der Waals surface area contributed by atoms with E-state index in [2.05, 4.69) is 21.9 Å². The van der Waals surface area contributed by atoms with Crippen LogP contribution in [0.25, 0.3) is 0 Å². The van der Waals surface area contributed by atoms with Gasteiger partial charge in [0.05, 0.1) is 10.6 Å². The van der Waals surface area contributed by atoms with Gasteiger partial charge in [-0.25, -0.2) is 8.42 Å². The van der Waals surface area contributed by atoms with Gasteiger partial charge >= 0.3 is 0 Å². The minimum absolute atomic E-state index is 0.132. The molecule has 0 saturated carbocycles. The number of rotatable bonds is 7. The van der Waals surface area contributed by atoms with Gasteiger partial charge in [0.15, 0.2) is 0 Å². The Morgan fingerprint density at radius 2 is 1.71 bits per heavy atom. The maximum absolute atomic E-state index is 12.8. The highest BCUT2D eigenvalue weighted by atomic mass is 32.2. The lowest BCUT2D eigenvalue weighted by Crippen LogP contribution is -2.33. The number of hydrogen-bond donors (Lipinski definition) is 2. The third-order valence-electron chi connectivity index (χ3n) is 6.42. The number of benzene rings is 3. The van der Waals surface area contributed by atoms with Gasteiger partial charge in [0, 0.05) is 24.3 Å². The number of amides is 1. The fourth-order valence-electron chi connectivity index (χ4n) is 4.42. The SMILES string of the molecule is Cc1ccc(C)c(NS(=O)(=O)c2ccc(NC(=O)c3ccc(CN4CCCC(C)C4)cc3)cc2)c1. The molecular formula is C28H33N3O3S. The highest BCUT2D eigenvalue weighted by molar-refractivity contribution is 7.92. The summed E-state index contributed by atoms with van der Waals surface area (Å²) in [6, 6.07) is 19.5. The van der Waals surface area contributed by atoms with E-state index in [4.69, 9.17) is 0 Å². The van der Waals surface area contributed by atoms with Crippen molar-refractivity contribution in [2.24, 2.45) is 5.92 Å². The average Bonchev–Trinajstić information content (AvgIpc) is 2.82. The van der Waals surface area contributed by atoms with Gasteiger partial charge in [-0.3, -0.25) is 14.4 Å². The molecule has 0 aromatic heterocycles. The van der Waals surface area contributed by atoms with E-state index in [1.807, 2.05) is 50.2 Å². The summed E-state index contributed by atoms with van der Waals surface area (Å²) in [5, 5.41) is 2.85. The molecule has 1 atom stereocenters. The number of nitrogens with zero attached hydrogens (tertiary/aromatic N) is 1. The number of hydrogen-bond acceptors (Lipinski definition) is 4. The molecule has 1 unspecified atom stereocenters. The average molecular weight is 492 g/mol. The minimum Gasteiger partial charge on any atom is -0.322 e. The number of likely N-dealkylation sites (tertiary alicyclic amines) is 1. The number of aryl methyl sites for hydroxylation is 2. The fourth-order valence-corrected chi connectivity index (χ4v) is 5.54. The van der Waals surface area contributed by atoms with Crippen LogP contribution in [0.2, 0.25) is 0 Å². The van der Waals surface area contributed by atoms with Gasteiger partial charge in [-0.1, -0.05) is 31.2 Å². The van der Waals surface area contributed by atoms with E-state index in [0.717, 1.165) is 36.7 Å². The summed E-state index contributed by atoms with van der Waals surface area (Å²) < 4.78 is 28.3. The Bertz CT molecular complexity index is 1290. The summed E-state index contributed by atoms with van der Waals surface area (Å²) in [7, 11) is -3.74. The lowest BCUT2D eigenvalue weighted by Gasteiger charge is -2.30. The maximum Gasteiger partial charge on any atom is 0.261 e. The summed E-state index contributed by atoms with van der Waals surface area (Å²) in [5.74, 6) is 0.505. The molecule has 1 amide bonds. The molecule has 3 aromatic carbocycles. The first-order valence-corrected chi connectivity index (χ1v) is 13.5. The molecule has 4 rings (SSSR count). The highest BCUT2D eigenvalue weighted by Crippen LogP contribution is 2.23. The summed E-state index contributed by atoms with van der Waals surface area (Å²) in [6.07, 6.45) is 2.54. The van der Waals surface area contributed by atoms with Crippen LogP contribution in [-0.2, 0) is 16.6 Å². The number of nitrogens with one attached hydrogen (secondary N) is 2. The van der Waals surface area contributed by atoms with E-state index >= 15 is 0 Å². The van der Waals surface area contributed by atoms with Crippen LogP contribution >= 0.6 is 0 Å². The van der Waals surface area contributed by atoms with E-state index in [-0.39, 0.29) is 10.8 Å². The Hall–Kier alpha value is -3.16. The highest BCUT2D eigenvalue weighted by Gasteiger charge is 2.17. The second-order valence-corrected chi connectivity index (χ2v) is 11.3. The normalized spacial score (nSPS) is 16.6. The van der Waals surface area contributed by atoms with Crippen LogP contribution in [0.3, 0.4) is 0 Å². The molecule has 6 nitrogen and oxygen atoms in total. The van der Waals surface area contributed by atoms with Gasteiger partial charge < -0.3 is 5.32 Å². The Morgan fingerprint density at radius 1 is 1.00 bits per heavy atom. The van der Waals surface area contributed by atoms with Gasteiger partial charge in [0.2, 0.25) is 0 Å². The standard InChI is InChI=1S/C28H33N3O3S/c1-20-6-7-22(3)27(17-20)30-35(33,34)26-14-12-25(13-15-26)29-28(32)24-10-8-23(9-11-24)19-31-16-4-5-21(2)18-31/h6-15,17,21,30H,4-5,16,18-19H2,1-3H3,(H,29,32). The van der Waals surface area contributed by atoms with Crippen molar-refractivity contribution < 1.29 is 13.2 Å². The quantitative estimate of drug-likeness (QED) is 0.452. The van der Waals surface area contributed by atoms with Gasteiger partial charge in [0.25, 0.3) is 15.9 Å². The van der Waals surface area contributed by atoms with Crippen LogP contribution in [0.1, 0.15) is 46.8 Å². The Morgan fingerprint density at radius 3 is 2.40 bits per heavy atom. The molecule has 0 bridgehead atoms. The Balaban J connectivity index is 1.37. The van der Waals surface area contributed by atoms with Crippen molar-refractivity contribution in [1.82, 2.24) is 4.90 Å². The maximum atomic E-state index is 12.8. The van der Waals surface area contributed by atoms with Gasteiger partial charge in [0.1, 0.15) is 0 Å². The van der Waals surface area contributed by atoms with Crippen molar-refractivity contribution in [2.75, 3.05) is 23.1 Å². The summed E-state index contributed by atoms with van der Waals surface area (Å²) >= 11 is 0. The zero-order valence-electron chi connectivity index (χ0n) is 20.5. The van der Waals surface area contributed by atoms with Gasteiger partial charge in [-0.15, -0.1) is 0 Å². The molecule has 0 spiro atoms. The summed E-state index contributed by atoms with van der Waals surface area (Å²) in [5.41, 5.74) is 4.67. The van der Waals surface area contributed by atoms with Crippen molar-refractivity contribution >= 4 is 27.3 Å². The molecule has 35 heavy (non-hydrogen) atoms. The van der Waals surface area contributed by atoms with E-state index in [1.165, 1.54) is 30.5 Å². The van der Waals surface area contributed by atoms with Crippen LogP contribution < -0.4 is 10.0 Å². The van der Waals surface area contributed by atoms with Crippen molar-refractivity contribution in [2.45, 2.75) is 45.1 Å². The predicted molar refractivity (Wildman–Crippen MR) is 141 cm³/mol. The molecule has 1 saturated heterocycles. The second kappa shape index (κ2) is 10.6. The van der Waals surface area contributed by atoms with E-state index in [9.17, 15) is 13.2 Å². The molecule has 1 aliphatic rings. The van der Waals surface area contributed by atoms with Crippen LogP contribution in [0, 0.1) is 19.8 Å². The minimum atomic E-state index is -3.74. The molecule has 0 aliphatic carbocycles. The van der Waals surface area contributed by atoms with Gasteiger partial charge in [-0.05, 0) is 98.3 Å². The van der Waals surface area contributed by atoms with Gasteiger partial charge in [-0.2, -0.15) is 0 Å². The molecule has 2 N–H and O–H groups in total. The van der Waals surface area contributed by atoms with Crippen LogP contribution in [-0.4, -0.2) is 32.3 Å². The number of carbonyl (C=O) groups excluding carboxylic acids is 1. The largest absolute Gasteiger partial charge is 0.322 e. The van der Waals surface area contributed by atoms with Crippen LogP contribution in [0.4, 0.5) is 11.4 Å². The van der Waals surface area contributed by atoms with Crippen molar-refractivity contribution in [3.63, 3.8) is 0 Å². The first kappa shape index (κ1) is 24.9. The molecule has 1 aliphatic heterocycles. The Kier molecular flexibility index (Phi) is 7.57. The summed E-state index contributed by atoms with van der Waals surface area (Å²) in [4.78, 5) is 15.3. The monoisotopic (exact) mass is 491 g/mol. The molecule has 1 heterocycles. The van der Waals surface area contributed by atoms with E-state index in [1.54, 1.807) is 18.2 Å². The first-order valence-electron chi connectivity index (χ1n) is 12.0. The lowest BCUT2D eigenvalue weighted by atomic mass is 9.99. The van der Waals surface area contributed by atoms with Crippen LogP contribution in [0.5, 0.6) is 0 Å². The first-order chi connectivity index (χ1) is 16.7. The Labute approximate surface area is 208 Å². The zero-order chi connectivity index (χ0) is 25.0. The lowest BCUT2D eigenvalue weighted by molar-refractivity contribution is 0.102. The zero-order valence-corrected chi connectivity index (χ0v) is 21.4. The van der Waals surface area contributed by atoms with Crippen molar-refractivity contribution in [3.8, 4) is 0 Å². The molecule has 3 aromatic rings. The third-order valence-corrected chi connectivity index (χ3v) is 7.80. The molecule has 1 fully saturated rings. The fraction of sp³-hybridized carbons (Fsp3) is 0.321. The van der Waals surface area contributed by atoms with E-state index in [0.29, 0.717) is 16.9 Å². The third kappa shape index (κ3) is 6.50. The predicted octanol–water partition coefficient (Wildman–Crippen LogP) is 5.59. The number of sulfonamides is 1. The molecular weight excluding hydrogens is 458 g/mol. The number of carbonyl (C=O) groups is 1. The molecule has 0 radical (unpaired) electrons. The topological polar surface area (TPSA) is 78.5 Å². The van der Waals surface area contributed by atoms with Crippen LogP contribution in [0.15, 0.2) is 71.6 Å². The van der Waals surface area contributed by atoms with E-state index < -0.39 is 10.0 Å². The number of piperidine rings is 1. The smallest absolute Gasteiger partial charge is 0.261 e. The second-order valence-electron chi connectivity index (χ2n) is 9.58. The molecule has 184 valence electrons. The summed E-state index contributed by atoms with van der Waals surface area (Å²) in [6.45, 7) is 9.21. The molecule has 7 heteroatoms. The van der Waals surface area contributed by atoms with Crippen molar-refractivity contribution in [1.29, 1.82) is 0 Å². The van der Waals surface area contributed by atoms with Crippen molar-refractivity contribution in [3.05, 3.63) is 89.0 Å². The number of anilines is 2.